The van der Waals surface area contributed by atoms with E-state index >= 15 is 0 Å². The summed E-state index contributed by atoms with van der Waals surface area (Å²) in [6.07, 6.45) is 7.71. The predicted octanol–water partition coefficient (Wildman–Crippen LogP) is 4.28. The van der Waals surface area contributed by atoms with Crippen LogP contribution in [0.15, 0.2) is 27.4 Å². The number of hydrogen-bond donors (Lipinski definition) is 2. The number of nitrogens with one attached hydrogen (secondary N) is 2. The number of anilines is 1. The maximum Gasteiger partial charge on any atom is 0.417 e. The summed E-state index contributed by atoms with van der Waals surface area (Å²) in [6.45, 7) is 4.43. The Morgan fingerprint density at radius 1 is 1.25 bits per heavy atom. The maximum atomic E-state index is 11.1. The first kappa shape index (κ1) is 14.7. The van der Waals surface area contributed by atoms with Gasteiger partial charge in [0.1, 0.15) is 0 Å². The molecule has 0 aliphatic rings. The van der Waals surface area contributed by atoms with E-state index in [1.165, 1.54) is 38.5 Å². The number of aromatic nitrogens is 1. The Balaban J connectivity index is 1.83. The molecule has 1 aromatic heterocycles. The number of H-pyrrole nitrogens is 1. The lowest BCUT2D eigenvalue weighted by Crippen LogP contribution is -2.14. The van der Waals surface area contributed by atoms with Crippen molar-refractivity contribution in [1.29, 1.82) is 0 Å². The summed E-state index contributed by atoms with van der Waals surface area (Å²) >= 11 is 0. The van der Waals surface area contributed by atoms with Crippen molar-refractivity contribution in [1.82, 2.24) is 4.98 Å². The lowest BCUT2D eigenvalue weighted by molar-refractivity contribution is 0.555. The molecule has 4 heteroatoms. The molecule has 4 nitrogen and oxygen atoms in total. The molecule has 0 aliphatic heterocycles. The van der Waals surface area contributed by atoms with E-state index in [-0.39, 0.29) is 0 Å². The molecule has 0 amide bonds. The second kappa shape index (κ2) is 7.17. The van der Waals surface area contributed by atoms with Gasteiger partial charge in [0.15, 0.2) is 5.58 Å². The third-order valence-corrected chi connectivity index (χ3v) is 3.57. The van der Waals surface area contributed by atoms with Crippen LogP contribution < -0.4 is 11.1 Å². The van der Waals surface area contributed by atoms with Crippen LogP contribution in [-0.4, -0.2) is 11.0 Å². The smallest absolute Gasteiger partial charge is 0.408 e. The average Bonchev–Trinajstić information content (AvgIpc) is 2.78. The van der Waals surface area contributed by atoms with Crippen LogP contribution in [0.1, 0.15) is 52.4 Å². The van der Waals surface area contributed by atoms with Gasteiger partial charge in [-0.1, -0.05) is 39.0 Å². The van der Waals surface area contributed by atoms with Gasteiger partial charge >= 0.3 is 5.76 Å². The van der Waals surface area contributed by atoms with E-state index in [9.17, 15) is 4.79 Å². The van der Waals surface area contributed by atoms with E-state index in [0.29, 0.717) is 11.6 Å². The van der Waals surface area contributed by atoms with Crippen LogP contribution in [0, 0.1) is 0 Å². The van der Waals surface area contributed by atoms with Gasteiger partial charge in [0.25, 0.3) is 0 Å². The fourth-order valence-electron chi connectivity index (χ4n) is 2.45. The van der Waals surface area contributed by atoms with Crippen LogP contribution in [0.2, 0.25) is 0 Å². The third kappa shape index (κ3) is 4.15. The molecular formula is C16H24N2O2. The van der Waals surface area contributed by atoms with E-state index in [2.05, 4.69) is 24.1 Å². The zero-order valence-electron chi connectivity index (χ0n) is 12.4. The van der Waals surface area contributed by atoms with Crippen molar-refractivity contribution in [2.45, 2.75) is 58.4 Å². The number of unbranched alkanes of at least 4 members (excludes halogenated alkanes) is 4. The first-order valence-corrected chi connectivity index (χ1v) is 7.58. The molecule has 2 N–H and O–H groups in total. The molecule has 1 heterocycles. The summed E-state index contributed by atoms with van der Waals surface area (Å²) in [6, 6.07) is 6.14. The SMILES string of the molecule is CCCCCCCC(C)Nc1ccc2oc(=O)[nH]c2c1. The highest BCUT2D eigenvalue weighted by molar-refractivity contribution is 5.76. The zero-order chi connectivity index (χ0) is 14.4. The first-order valence-electron chi connectivity index (χ1n) is 7.58. The number of rotatable bonds is 8. The summed E-state index contributed by atoms with van der Waals surface area (Å²) in [5.41, 5.74) is 2.37. The van der Waals surface area contributed by atoms with Gasteiger partial charge < -0.3 is 9.73 Å². The Hall–Kier alpha value is -1.71. The van der Waals surface area contributed by atoms with Crippen molar-refractivity contribution >= 4 is 16.8 Å². The van der Waals surface area contributed by atoms with Gasteiger partial charge in [0.2, 0.25) is 0 Å². The lowest BCUT2D eigenvalue weighted by atomic mass is 10.1. The number of fused-ring (bicyclic) bond motifs is 1. The zero-order valence-corrected chi connectivity index (χ0v) is 12.4. The number of aromatic amines is 1. The Morgan fingerprint density at radius 2 is 2.05 bits per heavy atom. The van der Waals surface area contributed by atoms with Crippen molar-refractivity contribution in [3.8, 4) is 0 Å². The molecule has 0 saturated heterocycles. The quantitative estimate of drug-likeness (QED) is 0.707. The van der Waals surface area contributed by atoms with E-state index in [4.69, 9.17) is 4.42 Å². The highest BCUT2D eigenvalue weighted by Crippen LogP contribution is 2.18. The van der Waals surface area contributed by atoms with Gasteiger partial charge in [-0.3, -0.25) is 4.98 Å². The summed E-state index contributed by atoms with van der Waals surface area (Å²) < 4.78 is 4.99. The van der Waals surface area contributed by atoms with Crippen LogP contribution >= 0.6 is 0 Å². The minimum Gasteiger partial charge on any atom is -0.408 e. The van der Waals surface area contributed by atoms with Crippen LogP contribution in [0.4, 0.5) is 5.69 Å². The molecule has 110 valence electrons. The molecule has 0 bridgehead atoms. The molecule has 2 aromatic rings. The van der Waals surface area contributed by atoms with Gasteiger partial charge in [0.05, 0.1) is 5.52 Å². The fourth-order valence-corrected chi connectivity index (χ4v) is 2.45. The summed E-state index contributed by atoms with van der Waals surface area (Å²) in [4.78, 5) is 13.8. The van der Waals surface area contributed by atoms with E-state index < -0.39 is 5.76 Å². The predicted molar refractivity (Wildman–Crippen MR) is 83.3 cm³/mol. The summed E-state index contributed by atoms with van der Waals surface area (Å²) in [5, 5.41) is 3.47. The molecule has 0 radical (unpaired) electrons. The van der Waals surface area contributed by atoms with Crippen LogP contribution in [0.25, 0.3) is 11.1 Å². The highest BCUT2D eigenvalue weighted by Gasteiger charge is 2.05. The topological polar surface area (TPSA) is 58.0 Å². The van der Waals surface area contributed by atoms with Gasteiger partial charge in [-0.15, -0.1) is 0 Å². The minimum absolute atomic E-state index is 0.402. The molecule has 20 heavy (non-hydrogen) atoms. The minimum atomic E-state index is -0.402. The summed E-state index contributed by atoms with van der Waals surface area (Å²) in [5.74, 6) is -0.402. The van der Waals surface area contributed by atoms with E-state index in [0.717, 1.165) is 11.2 Å². The Labute approximate surface area is 119 Å². The molecule has 0 fully saturated rings. The Kier molecular flexibility index (Phi) is 5.27. The van der Waals surface area contributed by atoms with Crippen molar-refractivity contribution in [3.05, 3.63) is 28.7 Å². The highest BCUT2D eigenvalue weighted by atomic mass is 16.4. The fraction of sp³-hybridized carbons (Fsp3) is 0.562. The van der Waals surface area contributed by atoms with Crippen molar-refractivity contribution in [2.24, 2.45) is 0 Å². The van der Waals surface area contributed by atoms with E-state index in [1.54, 1.807) is 0 Å². The number of benzene rings is 1. The molecule has 0 spiro atoms. The standard InChI is InChI=1S/C16H24N2O2/c1-3-4-5-6-7-8-12(2)17-13-9-10-15-14(11-13)18-16(19)20-15/h9-12,17H,3-8H2,1-2H3,(H,18,19). The van der Waals surface area contributed by atoms with E-state index in [1.807, 2.05) is 18.2 Å². The van der Waals surface area contributed by atoms with Crippen LogP contribution in [0.5, 0.6) is 0 Å². The molecule has 2 rings (SSSR count). The Bertz CT molecular complexity index is 585. The van der Waals surface area contributed by atoms with Gasteiger partial charge in [0, 0.05) is 11.7 Å². The van der Waals surface area contributed by atoms with Gasteiger partial charge in [-0.2, -0.15) is 0 Å². The maximum absolute atomic E-state index is 11.1. The van der Waals surface area contributed by atoms with Crippen molar-refractivity contribution in [2.75, 3.05) is 5.32 Å². The molecule has 1 aromatic carbocycles. The van der Waals surface area contributed by atoms with Gasteiger partial charge in [-0.05, 0) is 31.5 Å². The second-order valence-electron chi connectivity index (χ2n) is 5.47. The largest absolute Gasteiger partial charge is 0.417 e. The van der Waals surface area contributed by atoms with Crippen molar-refractivity contribution in [3.63, 3.8) is 0 Å². The monoisotopic (exact) mass is 276 g/mol. The molecule has 1 unspecified atom stereocenters. The molecular weight excluding hydrogens is 252 g/mol. The molecule has 1 atom stereocenters. The molecule has 0 saturated carbocycles. The van der Waals surface area contributed by atoms with Gasteiger partial charge in [-0.25, -0.2) is 4.79 Å². The van der Waals surface area contributed by atoms with Crippen LogP contribution in [-0.2, 0) is 0 Å². The Morgan fingerprint density at radius 3 is 2.85 bits per heavy atom. The first-order chi connectivity index (χ1) is 9.69. The average molecular weight is 276 g/mol. The molecule has 0 aliphatic carbocycles. The number of hydrogen-bond acceptors (Lipinski definition) is 3. The summed E-state index contributed by atoms with van der Waals surface area (Å²) in [7, 11) is 0. The second-order valence-corrected chi connectivity index (χ2v) is 5.47. The van der Waals surface area contributed by atoms with Crippen molar-refractivity contribution < 1.29 is 4.42 Å². The number of oxazole rings is 1. The lowest BCUT2D eigenvalue weighted by Gasteiger charge is -2.15. The van der Waals surface area contributed by atoms with Crippen LogP contribution in [0.3, 0.4) is 0 Å². The normalized spacial score (nSPS) is 12.7. The third-order valence-electron chi connectivity index (χ3n) is 3.57.